The lowest BCUT2D eigenvalue weighted by molar-refractivity contribution is -0.138. The van der Waals surface area contributed by atoms with Gasteiger partial charge < -0.3 is 16.6 Å². The van der Waals surface area contributed by atoms with Crippen molar-refractivity contribution in [2.24, 2.45) is 11.5 Å². The van der Waals surface area contributed by atoms with E-state index in [4.69, 9.17) is 16.6 Å². The average Bonchev–Trinajstić information content (AvgIpc) is 2.28. The summed E-state index contributed by atoms with van der Waals surface area (Å²) in [5.41, 5.74) is 11.6. The van der Waals surface area contributed by atoms with Gasteiger partial charge in [0.2, 0.25) is 0 Å². The van der Waals surface area contributed by atoms with E-state index < -0.39 is 12.0 Å². The van der Waals surface area contributed by atoms with Crippen molar-refractivity contribution in [1.29, 1.82) is 0 Å². The minimum atomic E-state index is -1.05. The topological polar surface area (TPSA) is 106 Å². The van der Waals surface area contributed by atoms with E-state index in [9.17, 15) is 9.59 Å². The molecular weight excluding hydrogens is 208 g/mol. The van der Waals surface area contributed by atoms with Crippen LogP contribution in [-0.2, 0) is 4.79 Å². The number of carbonyl (C=O) groups is 2. The van der Waals surface area contributed by atoms with Crippen molar-refractivity contribution >= 4 is 12.3 Å². The van der Waals surface area contributed by atoms with E-state index in [2.05, 4.69) is 0 Å². The molecule has 0 unspecified atom stereocenters. The smallest absolute Gasteiger partial charge is 0.321 e. The number of carbonyl (C=O) groups excluding carboxylic acids is 1. The zero-order valence-electron chi connectivity index (χ0n) is 9.09. The number of hydrogen-bond acceptors (Lipinski definition) is 4. The number of rotatable bonds is 3. The second-order valence-electron chi connectivity index (χ2n) is 3.21. The molecule has 0 aromatic heterocycles. The molecule has 0 heterocycles. The Morgan fingerprint density at radius 1 is 1.56 bits per heavy atom. The normalized spacial score (nSPS) is 10.9. The number of benzene rings is 1. The number of aldehydes is 1. The summed E-state index contributed by atoms with van der Waals surface area (Å²) in [5.74, 6) is -1.05. The van der Waals surface area contributed by atoms with Gasteiger partial charge in [-0.05, 0) is 13.0 Å². The Morgan fingerprint density at radius 3 is 2.44 bits per heavy atom. The second kappa shape index (κ2) is 7.56. The van der Waals surface area contributed by atoms with E-state index in [0.29, 0.717) is 0 Å². The van der Waals surface area contributed by atoms with Gasteiger partial charge in [-0.2, -0.15) is 0 Å². The third kappa shape index (κ3) is 5.90. The van der Waals surface area contributed by atoms with Gasteiger partial charge >= 0.3 is 5.97 Å². The highest BCUT2D eigenvalue weighted by atomic mass is 16.4. The standard InChI is InChI=1S/C8H8O.C3H8N2O2/c1-7-3-2-4-8(5-7)6-9;4-1-2(5)3(6)7/h2-6H,1H3;2H,1,4-5H2,(H,6,7)/t;2-/m.0/s1. The minimum absolute atomic E-state index is 0.00463. The predicted octanol–water partition coefficient (Wildman–Crippen LogP) is 0.165. The zero-order valence-corrected chi connectivity index (χ0v) is 9.09. The molecule has 5 nitrogen and oxygen atoms in total. The molecule has 5 N–H and O–H groups in total. The van der Waals surface area contributed by atoms with Gasteiger partial charge in [0.1, 0.15) is 12.3 Å². The van der Waals surface area contributed by atoms with E-state index in [1.54, 1.807) is 6.07 Å². The van der Waals surface area contributed by atoms with Gasteiger partial charge in [0.25, 0.3) is 0 Å². The maximum Gasteiger partial charge on any atom is 0.321 e. The molecule has 1 rings (SSSR count). The molecular formula is C11H16N2O3. The summed E-state index contributed by atoms with van der Waals surface area (Å²) in [4.78, 5) is 19.9. The highest BCUT2D eigenvalue weighted by Crippen LogP contribution is 1.99. The maximum absolute atomic E-state index is 10.2. The first-order valence-corrected chi connectivity index (χ1v) is 4.71. The molecule has 0 aliphatic rings. The summed E-state index contributed by atoms with van der Waals surface area (Å²) in [6.45, 7) is 1.96. The average molecular weight is 224 g/mol. The zero-order chi connectivity index (χ0) is 12.6. The Hall–Kier alpha value is -1.72. The minimum Gasteiger partial charge on any atom is -0.480 e. The van der Waals surface area contributed by atoms with Gasteiger partial charge in [0, 0.05) is 12.1 Å². The number of hydrogen-bond donors (Lipinski definition) is 3. The number of carboxylic acids is 1. The van der Waals surface area contributed by atoms with Crippen molar-refractivity contribution in [3.05, 3.63) is 35.4 Å². The predicted molar refractivity (Wildman–Crippen MR) is 61.2 cm³/mol. The van der Waals surface area contributed by atoms with E-state index in [0.717, 1.165) is 17.4 Å². The van der Waals surface area contributed by atoms with Gasteiger partial charge in [-0.15, -0.1) is 0 Å². The third-order valence-corrected chi connectivity index (χ3v) is 1.75. The van der Waals surface area contributed by atoms with Gasteiger partial charge in [0.15, 0.2) is 0 Å². The number of aliphatic carboxylic acids is 1. The summed E-state index contributed by atoms with van der Waals surface area (Å²) in [5, 5.41) is 7.98. The van der Waals surface area contributed by atoms with Gasteiger partial charge in [-0.1, -0.05) is 23.8 Å². The molecule has 1 aromatic carbocycles. The molecule has 0 spiro atoms. The van der Waals surface area contributed by atoms with Crippen LogP contribution in [0.2, 0.25) is 0 Å². The van der Waals surface area contributed by atoms with Crippen LogP contribution in [0.5, 0.6) is 0 Å². The van der Waals surface area contributed by atoms with Gasteiger partial charge in [-0.25, -0.2) is 0 Å². The van der Waals surface area contributed by atoms with Crippen LogP contribution in [0.1, 0.15) is 15.9 Å². The molecule has 0 saturated heterocycles. The summed E-state index contributed by atoms with van der Waals surface area (Å²) >= 11 is 0. The first-order valence-electron chi connectivity index (χ1n) is 4.71. The van der Waals surface area contributed by atoms with Crippen molar-refractivity contribution in [2.45, 2.75) is 13.0 Å². The van der Waals surface area contributed by atoms with E-state index >= 15 is 0 Å². The van der Waals surface area contributed by atoms with Crippen LogP contribution in [0.3, 0.4) is 0 Å². The fourth-order valence-corrected chi connectivity index (χ4v) is 0.844. The van der Waals surface area contributed by atoms with Crippen LogP contribution in [0, 0.1) is 6.92 Å². The lowest BCUT2D eigenvalue weighted by Gasteiger charge is -1.97. The third-order valence-electron chi connectivity index (χ3n) is 1.75. The van der Waals surface area contributed by atoms with Crippen molar-refractivity contribution < 1.29 is 14.7 Å². The number of nitrogens with two attached hydrogens (primary N) is 2. The molecule has 1 aromatic rings. The SMILES string of the molecule is Cc1cccc(C=O)c1.NC[C@H](N)C(=O)O. The lowest BCUT2D eigenvalue weighted by Crippen LogP contribution is -2.37. The van der Waals surface area contributed by atoms with E-state index in [-0.39, 0.29) is 6.54 Å². The Morgan fingerprint density at radius 2 is 2.19 bits per heavy atom. The summed E-state index contributed by atoms with van der Waals surface area (Å²) in [6, 6.07) is 6.58. The Kier molecular flexibility index (Phi) is 6.74. The quantitative estimate of drug-likeness (QED) is 0.634. The van der Waals surface area contributed by atoms with E-state index in [1.807, 2.05) is 25.1 Å². The maximum atomic E-state index is 10.2. The highest BCUT2D eigenvalue weighted by Gasteiger charge is 2.05. The molecule has 0 aliphatic carbocycles. The molecule has 0 fully saturated rings. The molecule has 16 heavy (non-hydrogen) atoms. The molecule has 88 valence electrons. The number of aryl methyl sites for hydroxylation is 1. The van der Waals surface area contributed by atoms with Crippen LogP contribution >= 0.6 is 0 Å². The van der Waals surface area contributed by atoms with Crippen LogP contribution in [-0.4, -0.2) is 29.9 Å². The van der Waals surface area contributed by atoms with E-state index in [1.165, 1.54) is 0 Å². The largest absolute Gasteiger partial charge is 0.480 e. The van der Waals surface area contributed by atoms with Crippen LogP contribution in [0.25, 0.3) is 0 Å². The Bertz CT molecular complexity index is 353. The summed E-state index contributed by atoms with van der Waals surface area (Å²) in [6.07, 6.45) is 0.854. The molecule has 0 radical (unpaired) electrons. The first-order chi connectivity index (χ1) is 7.51. The lowest BCUT2D eigenvalue weighted by atomic mass is 10.2. The fourth-order valence-electron chi connectivity index (χ4n) is 0.844. The molecule has 0 saturated carbocycles. The van der Waals surface area contributed by atoms with Crippen LogP contribution in [0.4, 0.5) is 0 Å². The summed E-state index contributed by atoms with van der Waals surface area (Å²) in [7, 11) is 0. The first kappa shape index (κ1) is 14.3. The van der Waals surface area contributed by atoms with Crippen LogP contribution < -0.4 is 11.5 Å². The van der Waals surface area contributed by atoms with Crippen molar-refractivity contribution in [3.8, 4) is 0 Å². The van der Waals surface area contributed by atoms with Crippen LogP contribution in [0.15, 0.2) is 24.3 Å². The monoisotopic (exact) mass is 224 g/mol. The van der Waals surface area contributed by atoms with Crippen molar-refractivity contribution in [2.75, 3.05) is 6.54 Å². The molecule has 0 amide bonds. The van der Waals surface area contributed by atoms with Crippen molar-refractivity contribution in [3.63, 3.8) is 0 Å². The fraction of sp³-hybridized carbons (Fsp3) is 0.273. The Labute approximate surface area is 94.1 Å². The van der Waals surface area contributed by atoms with Crippen molar-refractivity contribution in [1.82, 2.24) is 0 Å². The molecule has 0 bridgehead atoms. The Balaban J connectivity index is 0.000000293. The highest BCUT2D eigenvalue weighted by molar-refractivity contribution is 5.74. The second-order valence-corrected chi connectivity index (χ2v) is 3.21. The number of carboxylic acid groups (broad SMARTS) is 1. The van der Waals surface area contributed by atoms with Gasteiger partial charge in [0.05, 0.1) is 0 Å². The summed E-state index contributed by atoms with van der Waals surface area (Å²) < 4.78 is 0. The van der Waals surface area contributed by atoms with Gasteiger partial charge in [-0.3, -0.25) is 9.59 Å². The molecule has 5 heteroatoms. The molecule has 0 aliphatic heterocycles. The molecule has 1 atom stereocenters.